The third kappa shape index (κ3) is 5.23. The fraction of sp³-hybridized carbons (Fsp3) is 0.208. The molecule has 2 aromatic carbocycles. The zero-order chi connectivity index (χ0) is 23.4. The zero-order valence-corrected chi connectivity index (χ0v) is 19.5. The molecule has 0 spiro atoms. The maximum absolute atomic E-state index is 13.0. The number of halogens is 1. The van der Waals surface area contributed by atoms with Gasteiger partial charge in [-0.1, -0.05) is 54.2 Å². The molecule has 0 bridgehead atoms. The highest BCUT2D eigenvalue weighted by Gasteiger charge is 2.31. The number of H-pyrrole nitrogens is 1. The van der Waals surface area contributed by atoms with Crippen molar-refractivity contribution in [3.8, 4) is 11.5 Å². The Bertz CT molecular complexity index is 1240. The maximum atomic E-state index is 13.0. The van der Waals surface area contributed by atoms with Crippen molar-refractivity contribution in [3.05, 3.63) is 87.2 Å². The Morgan fingerprint density at radius 2 is 2.00 bits per heavy atom. The molecule has 170 valence electrons. The molecule has 7 nitrogen and oxygen atoms in total. The molecule has 33 heavy (non-hydrogen) atoms. The molecule has 9 heteroatoms. The van der Waals surface area contributed by atoms with Crippen LogP contribution in [-0.4, -0.2) is 29.6 Å². The largest absolute Gasteiger partial charge is 0.493 e. The highest BCUT2D eigenvalue weighted by atomic mass is 35.5. The van der Waals surface area contributed by atoms with Crippen molar-refractivity contribution in [2.45, 2.75) is 23.2 Å². The lowest BCUT2D eigenvalue weighted by molar-refractivity contribution is -0.116. The van der Waals surface area contributed by atoms with Crippen LogP contribution in [0.4, 0.5) is 5.82 Å². The fourth-order valence-corrected chi connectivity index (χ4v) is 4.55. The van der Waals surface area contributed by atoms with Crippen molar-refractivity contribution in [1.82, 2.24) is 9.97 Å². The molecule has 2 N–H and O–H groups in total. The topological polar surface area (TPSA) is 93.3 Å². The second kappa shape index (κ2) is 10.1. The van der Waals surface area contributed by atoms with Crippen molar-refractivity contribution in [2.75, 3.05) is 19.0 Å². The Labute approximate surface area is 200 Å². The molecule has 0 saturated carbocycles. The second-order valence-electron chi connectivity index (χ2n) is 7.36. The predicted octanol–water partition coefficient (Wildman–Crippen LogP) is 4.76. The highest BCUT2D eigenvalue weighted by Crippen LogP contribution is 2.38. The van der Waals surface area contributed by atoms with E-state index < -0.39 is 5.92 Å². The van der Waals surface area contributed by atoms with E-state index in [2.05, 4.69) is 21.9 Å². The van der Waals surface area contributed by atoms with Gasteiger partial charge in [-0.25, -0.2) is 4.98 Å². The van der Waals surface area contributed by atoms with E-state index >= 15 is 0 Å². The van der Waals surface area contributed by atoms with E-state index in [9.17, 15) is 9.59 Å². The molecular formula is C24H22ClN3O4S. The molecule has 1 amide bonds. The van der Waals surface area contributed by atoms with Crippen LogP contribution in [0.25, 0.3) is 0 Å². The van der Waals surface area contributed by atoms with Crippen molar-refractivity contribution in [1.29, 1.82) is 0 Å². The minimum atomic E-state index is -0.456. The minimum absolute atomic E-state index is 0.130. The summed E-state index contributed by atoms with van der Waals surface area (Å²) >= 11 is 7.31. The number of benzene rings is 2. The number of anilines is 1. The highest BCUT2D eigenvalue weighted by molar-refractivity contribution is 7.98. The molecule has 2 heterocycles. The van der Waals surface area contributed by atoms with Crippen molar-refractivity contribution in [2.24, 2.45) is 0 Å². The van der Waals surface area contributed by atoms with Gasteiger partial charge in [-0.2, -0.15) is 0 Å². The lowest BCUT2D eigenvalue weighted by Gasteiger charge is -2.25. The average molecular weight is 484 g/mol. The van der Waals surface area contributed by atoms with Crippen LogP contribution in [0.15, 0.2) is 65.1 Å². The Hall–Kier alpha value is -3.23. The number of hydrogen-bond acceptors (Lipinski definition) is 6. The number of amides is 1. The van der Waals surface area contributed by atoms with Crippen LogP contribution in [-0.2, 0) is 10.5 Å². The molecule has 0 saturated heterocycles. The van der Waals surface area contributed by atoms with Gasteiger partial charge in [0, 0.05) is 23.1 Å². The molecule has 0 aliphatic carbocycles. The standard InChI is InChI=1S/C24H22ClN3O4S/c1-3-10-32-18-9-6-15(11-19(18)31-2)17-12-20(29)26-22-21(17)23(30)28-24(27-22)33-13-14-4-7-16(25)8-5-14/h3-9,11,17H,1,10,12-13H2,2H3,(H2,26,27,28,29,30)/t17-/m0/s1. The SMILES string of the molecule is C=CCOc1ccc([C@@H]2CC(=O)Nc3nc(SCc4ccc(Cl)cc4)[nH]c(=O)c32)cc1OC. The zero-order valence-electron chi connectivity index (χ0n) is 17.9. The summed E-state index contributed by atoms with van der Waals surface area (Å²) in [5.74, 6) is 1.29. The third-order valence-corrected chi connectivity index (χ3v) is 6.36. The summed E-state index contributed by atoms with van der Waals surface area (Å²) in [5.41, 5.74) is 1.95. The molecular weight excluding hydrogens is 462 g/mol. The van der Waals surface area contributed by atoms with E-state index in [0.717, 1.165) is 11.1 Å². The molecule has 1 aliphatic heterocycles. The summed E-state index contributed by atoms with van der Waals surface area (Å²) in [7, 11) is 1.54. The first-order valence-electron chi connectivity index (χ1n) is 10.2. The molecule has 0 unspecified atom stereocenters. The van der Waals surface area contributed by atoms with Gasteiger partial charge in [-0.05, 0) is 35.4 Å². The van der Waals surface area contributed by atoms with E-state index in [1.807, 2.05) is 30.3 Å². The number of hydrogen-bond donors (Lipinski definition) is 2. The normalized spacial score (nSPS) is 14.8. The summed E-state index contributed by atoms with van der Waals surface area (Å²) in [6.45, 7) is 3.98. The van der Waals surface area contributed by atoms with Gasteiger partial charge < -0.3 is 19.8 Å². The number of nitrogens with zero attached hydrogens (tertiary/aromatic N) is 1. The van der Waals surface area contributed by atoms with Crippen molar-refractivity contribution < 1.29 is 14.3 Å². The Kier molecular flexibility index (Phi) is 7.05. The second-order valence-corrected chi connectivity index (χ2v) is 8.76. The number of carbonyl (C=O) groups is 1. The van der Waals surface area contributed by atoms with Gasteiger partial charge in [0.2, 0.25) is 5.91 Å². The number of methoxy groups -OCH3 is 1. The Balaban J connectivity index is 1.63. The van der Waals surface area contributed by atoms with Gasteiger partial charge in [0.25, 0.3) is 5.56 Å². The van der Waals surface area contributed by atoms with Crippen LogP contribution >= 0.6 is 23.4 Å². The quantitative estimate of drug-likeness (QED) is 0.272. The summed E-state index contributed by atoms with van der Waals surface area (Å²) in [6.07, 6.45) is 1.77. The number of carbonyl (C=O) groups excluding carboxylic acids is 1. The first-order valence-corrected chi connectivity index (χ1v) is 11.6. The van der Waals surface area contributed by atoms with Gasteiger partial charge >= 0.3 is 0 Å². The van der Waals surface area contributed by atoms with Gasteiger partial charge in [0.05, 0.1) is 12.7 Å². The number of aromatic amines is 1. The van der Waals surface area contributed by atoms with Crippen LogP contribution in [0.5, 0.6) is 11.5 Å². The summed E-state index contributed by atoms with van der Waals surface area (Å²) in [6, 6.07) is 12.8. The minimum Gasteiger partial charge on any atom is -0.493 e. The number of ether oxygens (including phenoxy) is 2. The first kappa shape index (κ1) is 22.9. The Morgan fingerprint density at radius 3 is 2.73 bits per heavy atom. The monoisotopic (exact) mass is 483 g/mol. The van der Waals surface area contributed by atoms with Crippen LogP contribution in [0.3, 0.4) is 0 Å². The molecule has 1 aliphatic rings. The van der Waals surface area contributed by atoms with Crippen LogP contribution in [0.1, 0.15) is 29.0 Å². The van der Waals surface area contributed by atoms with Crippen LogP contribution < -0.4 is 20.3 Å². The molecule has 4 rings (SSSR count). The predicted molar refractivity (Wildman–Crippen MR) is 130 cm³/mol. The number of nitrogens with one attached hydrogen (secondary N) is 2. The number of fused-ring (bicyclic) bond motifs is 1. The van der Waals surface area contributed by atoms with Gasteiger partial charge in [-0.3, -0.25) is 9.59 Å². The lowest BCUT2D eigenvalue weighted by atomic mass is 9.86. The van der Waals surface area contributed by atoms with Gasteiger partial charge in [0.15, 0.2) is 16.7 Å². The van der Waals surface area contributed by atoms with E-state index in [-0.39, 0.29) is 23.7 Å². The molecule has 1 atom stereocenters. The number of rotatable bonds is 8. The summed E-state index contributed by atoms with van der Waals surface area (Å²) in [5, 5.41) is 3.84. The summed E-state index contributed by atoms with van der Waals surface area (Å²) < 4.78 is 11.1. The van der Waals surface area contributed by atoms with E-state index in [0.29, 0.717) is 39.6 Å². The van der Waals surface area contributed by atoms with Crippen LogP contribution in [0.2, 0.25) is 5.02 Å². The van der Waals surface area contributed by atoms with Gasteiger partial charge in [0.1, 0.15) is 12.4 Å². The fourth-order valence-electron chi connectivity index (χ4n) is 3.60. The molecule has 0 fully saturated rings. The van der Waals surface area contributed by atoms with Crippen LogP contribution in [0, 0.1) is 0 Å². The third-order valence-electron chi connectivity index (χ3n) is 5.16. The van der Waals surface area contributed by atoms with E-state index in [4.69, 9.17) is 21.1 Å². The van der Waals surface area contributed by atoms with E-state index in [1.165, 1.54) is 11.8 Å². The molecule has 0 radical (unpaired) electrons. The number of thioether (sulfide) groups is 1. The van der Waals surface area contributed by atoms with Crippen molar-refractivity contribution >= 4 is 35.1 Å². The first-order chi connectivity index (χ1) is 16.0. The smallest absolute Gasteiger partial charge is 0.257 e. The maximum Gasteiger partial charge on any atom is 0.257 e. The summed E-state index contributed by atoms with van der Waals surface area (Å²) in [4.78, 5) is 32.9. The van der Waals surface area contributed by atoms with Gasteiger partial charge in [-0.15, -0.1) is 0 Å². The molecule has 1 aromatic heterocycles. The molecule has 3 aromatic rings. The average Bonchev–Trinajstić information content (AvgIpc) is 2.81. The van der Waals surface area contributed by atoms with E-state index in [1.54, 1.807) is 25.3 Å². The Morgan fingerprint density at radius 1 is 1.21 bits per heavy atom. The van der Waals surface area contributed by atoms with Crippen molar-refractivity contribution in [3.63, 3.8) is 0 Å². The number of aromatic nitrogens is 2. The lowest BCUT2D eigenvalue weighted by Crippen LogP contribution is -2.31.